The molecule has 2 aliphatic rings. The van der Waals surface area contributed by atoms with Crippen LogP contribution < -0.4 is 0 Å². The fourth-order valence-electron chi connectivity index (χ4n) is 5.38. The van der Waals surface area contributed by atoms with E-state index in [0.29, 0.717) is 13.1 Å². The molecule has 0 saturated heterocycles. The molecule has 3 unspecified atom stereocenters. The Morgan fingerprint density at radius 2 is 1.79 bits per heavy atom. The zero-order valence-electron chi connectivity index (χ0n) is 19.9. The predicted molar refractivity (Wildman–Crippen MR) is 137 cm³/mol. The molecule has 2 heterocycles. The van der Waals surface area contributed by atoms with Crippen molar-refractivity contribution in [3.8, 4) is 0 Å². The SMILES string of the molecule is CCCN(CC(=O)N1CCc2sccc2C1c1ccccc1C)C(=O)C1CC1c1ccccc1. The normalized spacial score (nSPS) is 21.1. The summed E-state index contributed by atoms with van der Waals surface area (Å²) in [7, 11) is 0. The molecule has 2 aromatic carbocycles. The molecular formula is C29H32N2O2S. The van der Waals surface area contributed by atoms with Gasteiger partial charge in [0.1, 0.15) is 0 Å². The molecule has 1 aliphatic heterocycles. The van der Waals surface area contributed by atoms with E-state index in [2.05, 4.69) is 55.6 Å². The smallest absolute Gasteiger partial charge is 0.242 e. The summed E-state index contributed by atoms with van der Waals surface area (Å²) in [4.78, 5) is 32.3. The number of nitrogens with zero attached hydrogens (tertiary/aromatic N) is 2. The summed E-state index contributed by atoms with van der Waals surface area (Å²) in [5.41, 5.74) is 4.83. The van der Waals surface area contributed by atoms with Crippen LogP contribution in [0.25, 0.3) is 0 Å². The molecule has 5 rings (SSSR count). The van der Waals surface area contributed by atoms with Gasteiger partial charge in [-0.3, -0.25) is 9.59 Å². The molecule has 176 valence electrons. The summed E-state index contributed by atoms with van der Waals surface area (Å²) in [6, 6.07) is 20.7. The van der Waals surface area contributed by atoms with Crippen molar-refractivity contribution < 1.29 is 9.59 Å². The highest BCUT2D eigenvalue weighted by molar-refractivity contribution is 7.10. The van der Waals surface area contributed by atoms with Crippen molar-refractivity contribution in [1.82, 2.24) is 9.80 Å². The van der Waals surface area contributed by atoms with Gasteiger partial charge in [0.05, 0.1) is 12.6 Å². The number of hydrogen-bond acceptors (Lipinski definition) is 3. The summed E-state index contributed by atoms with van der Waals surface area (Å²) in [5.74, 6) is 0.457. The number of rotatable bonds is 7. The fraction of sp³-hybridized carbons (Fsp3) is 0.379. The van der Waals surface area contributed by atoms with Crippen molar-refractivity contribution in [2.24, 2.45) is 5.92 Å². The van der Waals surface area contributed by atoms with Crippen LogP contribution in [0.3, 0.4) is 0 Å². The molecule has 0 spiro atoms. The Bertz CT molecular complexity index is 1170. The average Bonchev–Trinajstić information content (AvgIpc) is 3.52. The summed E-state index contributed by atoms with van der Waals surface area (Å²) >= 11 is 1.78. The number of fused-ring (bicyclic) bond motifs is 1. The topological polar surface area (TPSA) is 40.6 Å². The largest absolute Gasteiger partial charge is 0.333 e. The quantitative estimate of drug-likeness (QED) is 0.451. The molecule has 1 saturated carbocycles. The van der Waals surface area contributed by atoms with Crippen LogP contribution >= 0.6 is 11.3 Å². The van der Waals surface area contributed by atoms with E-state index in [-0.39, 0.29) is 36.2 Å². The second-order valence-corrected chi connectivity index (χ2v) is 10.5. The first-order valence-corrected chi connectivity index (χ1v) is 13.2. The lowest BCUT2D eigenvalue weighted by molar-refractivity contribution is -0.142. The molecule has 0 bridgehead atoms. The van der Waals surface area contributed by atoms with Crippen molar-refractivity contribution in [2.45, 2.75) is 45.1 Å². The van der Waals surface area contributed by atoms with Crippen molar-refractivity contribution in [2.75, 3.05) is 19.6 Å². The molecule has 4 nitrogen and oxygen atoms in total. The van der Waals surface area contributed by atoms with Gasteiger partial charge in [-0.15, -0.1) is 11.3 Å². The van der Waals surface area contributed by atoms with Crippen molar-refractivity contribution in [3.63, 3.8) is 0 Å². The molecule has 1 fully saturated rings. The molecule has 5 heteroatoms. The van der Waals surface area contributed by atoms with Gasteiger partial charge >= 0.3 is 0 Å². The van der Waals surface area contributed by atoms with E-state index in [1.807, 2.05) is 34.1 Å². The van der Waals surface area contributed by atoms with Crippen molar-refractivity contribution in [1.29, 1.82) is 0 Å². The van der Waals surface area contributed by atoms with Gasteiger partial charge in [-0.25, -0.2) is 0 Å². The maximum atomic E-state index is 13.7. The summed E-state index contributed by atoms with van der Waals surface area (Å²) in [5, 5.41) is 2.13. The van der Waals surface area contributed by atoms with Crippen molar-refractivity contribution in [3.05, 3.63) is 93.2 Å². The second kappa shape index (κ2) is 9.75. The molecule has 1 aliphatic carbocycles. The molecule has 2 amide bonds. The Labute approximate surface area is 206 Å². The van der Waals surface area contributed by atoms with E-state index in [9.17, 15) is 9.59 Å². The van der Waals surface area contributed by atoms with Gasteiger partial charge in [-0.1, -0.05) is 61.5 Å². The molecule has 0 radical (unpaired) electrons. The lowest BCUT2D eigenvalue weighted by Crippen LogP contribution is -2.47. The maximum absolute atomic E-state index is 13.7. The zero-order valence-corrected chi connectivity index (χ0v) is 20.8. The Hall–Kier alpha value is -2.92. The first kappa shape index (κ1) is 22.9. The van der Waals surface area contributed by atoms with Crippen LogP contribution in [0.5, 0.6) is 0 Å². The van der Waals surface area contributed by atoms with E-state index in [1.165, 1.54) is 27.1 Å². The zero-order chi connectivity index (χ0) is 23.7. The van der Waals surface area contributed by atoms with Crippen LogP contribution in [0.4, 0.5) is 0 Å². The van der Waals surface area contributed by atoms with Gasteiger partial charge in [-0.05, 0) is 65.8 Å². The van der Waals surface area contributed by atoms with Crippen LogP contribution in [0.15, 0.2) is 66.0 Å². The lowest BCUT2D eigenvalue weighted by atomic mass is 9.90. The van der Waals surface area contributed by atoms with Gasteiger partial charge < -0.3 is 9.80 Å². The molecule has 0 N–H and O–H groups in total. The number of amides is 2. The Morgan fingerprint density at radius 3 is 2.56 bits per heavy atom. The standard InChI is InChI=1S/C29H32N2O2S/c1-3-15-30(29(33)25-18-24(25)21-10-5-4-6-11-21)19-27(32)31-16-13-26-23(14-17-34-26)28(31)22-12-8-7-9-20(22)2/h4-12,14,17,24-25,28H,3,13,15-16,18-19H2,1-2H3. The second-order valence-electron chi connectivity index (χ2n) is 9.51. The Kier molecular flexibility index (Phi) is 6.55. The molecule has 3 aromatic rings. The number of benzene rings is 2. The van der Waals surface area contributed by atoms with Gasteiger partial charge in [0.2, 0.25) is 11.8 Å². The minimum absolute atomic E-state index is 0.00116. The van der Waals surface area contributed by atoms with Crippen LogP contribution in [-0.4, -0.2) is 41.2 Å². The summed E-state index contributed by atoms with van der Waals surface area (Å²) in [6.07, 6.45) is 2.60. The Morgan fingerprint density at radius 1 is 1.03 bits per heavy atom. The first-order valence-electron chi connectivity index (χ1n) is 12.3. The first-order chi connectivity index (χ1) is 16.6. The van der Waals surface area contributed by atoms with Gasteiger partial charge in [-0.2, -0.15) is 0 Å². The average molecular weight is 473 g/mol. The lowest BCUT2D eigenvalue weighted by Gasteiger charge is -2.38. The Balaban J connectivity index is 1.36. The van der Waals surface area contributed by atoms with E-state index in [1.54, 1.807) is 11.3 Å². The van der Waals surface area contributed by atoms with Gasteiger partial charge in [0, 0.05) is 23.9 Å². The molecular weight excluding hydrogens is 440 g/mol. The van der Waals surface area contributed by atoms with Crippen LogP contribution in [0, 0.1) is 12.8 Å². The van der Waals surface area contributed by atoms with Crippen LogP contribution in [0.1, 0.15) is 58.9 Å². The number of thiophene rings is 1. The minimum Gasteiger partial charge on any atom is -0.333 e. The summed E-state index contributed by atoms with van der Waals surface area (Å²) in [6.45, 7) is 5.65. The van der Waals surface area contributed by atoms with E-state index in [0.717, 1.165) is 19.3 Å². The minimum atomic E-state index is -0.0831. The monoisotopic (exact) mass is 472 g/mol. The highest BCUT2D eigenvalue weighted by Crippen LogP contribution is 2.48. The highest BCUT2D eigenvalue weighted by Gasteiger charge is 2.46. The molecule has 3 atom stereocenters. The molecule has 34 heavy (non-hydrogen) atoms. The summed E-state index contributed by atoms with van der Waals surface area (Å²) < 4.78 is 0. The molecule has 1 aromatic heterocycles. The number of hydrogen-bond donors (Lipinski definition) is 0. The fourth-order valence-corrected chi connectivity index (χ4v) is 6.28. The third-order valence-electron chi connectivity index (χ3n) is 7.24. The van der Waals surface area contributed by atoms with Gasteiger partial charge in [0.15, 0.2) is 0 Å². The number of carbonyl (C=O) groups is 2. The predicted octanol–water partition coefficient (Wildman–Crippen LogP) is 5.57. The number of aryl methyl sites for hydroxylation is 1. The maximum Gasteiger partial charge on any atom is 0.242 e. The third kappa shape index (κ3) is 4.41. The van der Waals surface area contributed by atoms with E-state index in [4.69, 9.17) is 0 Å². The van der Waals surface area contributed by atoms with Crippen molar-refractivity contribution >= 4 is 23.2 Å². The van der Waals surface area contributed by atoms with E-state index >= 15 is 0 Å². The van der Waals surface area contributed by atoms with Gasteiger partial charge in [0.25, 0.3) is 0 Å². The van der Waals surface area contributed by atoms with Crippen LogP contribution in [0.2, 0.25) is 0 Å². The highest BCUT2D eigenvalue weighted by atomic mass is 32.1. The number of carbonyl (C=O) groups excluding carboxylic acids is 2. The van der Waals surface area contributed by atoms with E-state index < -0.39 is 0 Å². The third-order valence-corrected chi connectivity index (χ3v) is 8.23. The van der Waals surface area contributed by atoms with Crippen LogP contribution in [-0.2, 0) is 16.0 Å².